The third-order valence-electron chi connectivity index (χ3n) is 5.63. The number of furan rings is 1. The summed E-state index contributed by atoms with van der Waals surface area (Å²) in [6.45, 7) is 5.64. The number of imidazole rings is 1. The molecule has 4 rings (SSSR count). The number of fused-ring (bicyclic) bond motifs is 1. The van der Waals surface area contributed by atoms with Crippen molar-refractivity contribution in [1.29, 1.82) is 0 Å². The molecule has 0 spiro atoms. The topological polar surface area (TPSA) is 64.9 Å². The molecule has 0 fully saturated rings. The Balaban J connectivity index is 1.64. The summed E-state index contributed by atoms with van der Waals surface area (Å²) in [4.78, 5) is 8.34. The SMILES string of the molecule is CCc1cc(CCC2=CBC(C(F)(F)F)=N2)c2cc(-c3cn(/N=C(\C)OC)c(C)n3)oc2c1. The molecule has 0 unspecified atom stereocenters. The van der Waals surface area contributed by atoms with E-state index in [4.69, 9.17) is 9.15 Å². The van der Waals surface area contributed by atoms with Crippen LogP contribution in [-0.2, 0) is 17.6 Å². The summed E-state index contributed by atoms with van der Waals surface area (Å²) >= 11 is 0. The standard InChI is InChI=1S/C23H24BF3N4O2/c1-5-15-8-16(6-7-17-11-24-22(29-17)23(25,26)27)18-10-21(33-20(18)9-15)19-12-31(13(2)28-19)30-14(3)32-4/h8-12,24H,5-7H2,1-4H3/b30-14+. The van der Waals surface area contributed by atoms with Crippen molar-refractivity contribution in [2.45, 2.75) is 46.2 Å². The number of rotatable bonds is 6. The lowest BCUT2D eigenvalue weighted by Crippen LogP contribution is -2.25. The molecule has 0 amide bonds. The van der Waals surface area contributed by atoms with Crippen LogP contribution in [0.3, 0.4) is 0 Å². The summed E-state index contributed by atoms with van der Waals surface area (Å²) in [5.41, 5.74) is 3.22. The molecule has 2 aromatic heterocycles. The minimum absolute atomic E-state index is 0.161. The summed E-state index contributed by atoms with van der Waals surface area (Å²) in [7, 11) is 1.39. The van der Waals surface area contributed by atoms with E-state index in [2.05, 4.69) is 28.1 Å². The van der Waals surface area contributed by atoms with Crippen molar-refractivity contribution in [2.24, 2.45) is 10.1 Å². The normalized spacial score (nSPS) is 14.5. The predicted octanol–water partition coefficient (Wildman–Crippen LogP) is 5.18. The van der Waals surface area contributed by atoms with E-state index in [0.717, 1.165) is 28.5 Å². The zero-order chi connectivity index (χ0) is 23.8. The first-order valence-corrected chi connectivity index (χ1v) is 10.7. The predicted molar refractivity (Wildman–Crippen MR) is 124 cm³/mol. The Morgan fingerprint density at radius 3 is 2.70 bits per heavy atom. The van der Waals surface area contributed by atoms with E-state index in [1.807, 2.05) is 19.1 Å². The van der Waals surface area contributed by atoms with Crippen LogP contribution in [0.5, 0.6) is 0 Å². The molecule has 0 saturated carbocycles. The third-order valence-corrected chi connectivity index (χ3v) is 5.63. The first-order valence-electron chi connectivity index (χ1n) is 10.7. The Labute approximate surface area is 190 Å². The highest BCUT2D eigenvalue weighted by molar-refractivity contribution is 6.81. The Hall–Kier alpha value is -3.30. The number of ether oxygens (including phenoxy) is 1. The molecule has 6 nitrogen and oxygen atoms in total. The molecule has 1 aliphatic rings. The van der Waals surface area contributed by atoms with Gasteiger partial charge in [-0.1, -0.05) is 19.0 Å². The van der Waals surface area contributed by atoms with Gasteiger partial charge in [0.25, 0.3) is 0 Å². The molecule has 0 bridgehead atoms. The second kappa shape index (κ2) is 8.92. The minimum Gasteiger partial charge on any atom is -0.483 e. The molecule has 3 aromatic rings. The summed E-state index contributed by atoms with van der Waals surface area (Å²) < 4.78 is 51.5. The van der Waals surface area contributed by atoms with E-state index in [0.29, 0.717) is 41.7 Å². The van der Waals surface area contributed by atoms with Gasteiger partial charge in [0.2, 0.25) is 13.2 Å². The van der Waals surface area contributed by atoms with Gasteiger partial charge in [-0.15, -0.1) is 5.10 Å². The molecule has 0 N–H and O–H groups in total. The van der Waals surface area contributed by atoms with Crippen LogP contribution in [0.25, 0.3) is 22.4 Å². The van der Waals surface area contributed by atoms with Crippen molar-refractivity contribution >= 4 is 29.8 Å². The molecule has 0 atom stereocenters. The lowest BCUT2D eigenvalue weighted by Gasteiger charge is -2.07. The minimum atomic E-state index is -4.37. The van der Waals surface area contributed by atoms with E-state index in [1.54, 1.807) is 30.9 Å². The average molecular weight is 456 g/mol. The van der Waals surface area contributed by atoms with Gasteiger partial charge in [0.1, 0.15) is 17.1 Å². The van der Waals surface area contributed by atoms with Crippen LogP contribution in [-0.4, -0.2) is 41.7 Å². The number of benzene rings is 1. The quantitative estimate of drug-likeness (QED) is 0.292. The van der Waals surface area contributed by atoms with Crippen LogP contribution in [0.15, 0.2) is 50.6 Å². The number of aliphatic imine (C=N–C) groups is 1. The highest BCUT2D eigenvalue weighted by Crippen LogP contribution is 2.32. The fourth-order valence-corrected chi connectivity index (χ4v) is 3.77. The van der Waals surface area contributed by atoms with Crippen molar-refractivity contribution in [3.05, 3.63) is 53.0 Å². The third kappa shape index (κ3) is 4.89. The van der Waals surface area contributed by atoms with Crippen LogP contribution in [0.4, 0.5) is 13.2 Å². The fourth-order valence-electron chi connectivity index (χ4n) is 3.77. The van der Waals surface area contributed by atoms with Gasteiger partial charge in [-0.05, 0) is 49.4 Å². The van der Waals surface area contributed by atoms with Gasteiger partial charge in [0.05, 0.1) is 18.9 Å². The fraction of sp³-hybridized carbons (Fsp3) is 0.348. The average Bonchev–Trinajstić information content (AvgIpc) is 3.50. The summed E-state index contributed by atoms with van der Waals surface area (Å²) in [5.74, 6) is 3.34. The van der Waals surface area contributed by atoms with Gasteiger partial charge in [-0.25, -0.2) is 9.66 Å². The van der Waals surface area contributed by atoms with Gasteiger partial charge in [-0.2, -0.15) is 13.2 Å². The van der Waals surface area contributed by atoms with E-state index >= 15 is 0 Å². The molecule has 33 heavy (non-hydrogen) atoms. The summed E-state index contributed by atoms with van der Waals surface area (Å²) in [6.07, 6.45) is -0.792. The molecule has 1 aliphatic heterocycles. The van der Waals surface area contributed by atoms with Gasteiger partial charge in [0.15, 0.2) is 5.76 Å². The van der Waals surface area contributed by atoms with Gasteiger partial charge < -0.3 is 9.15 Å². The maximum absolute atomic E-state index is 12.9. The van der Waals surface area contributed by atoms with E-state index in [9.17, 15) is 13.2 Å². The number of aromatic nitrogens is 2. The molecular formula is C23H24BF3N4O2. The molecular weight excluding hydrogens is 432 g/mol. The first kappa shape index (κ1) is 22.9. The molecule has 10 heteroatoms. The van der Waals surface area contributed by atoms with Gasteiger partial charge in [0, 0.05) is 18.0 Å². The van der Waals surface area contributed by atoms with E-state index < -0.39 is 11.8 Å². The number of aryl methyl sites for hydroxylation is 3. The largest absolute Gasteiger partial charge is 0.483 e. The number of hydrogen-bond donors (Lipinski definition) is 0. The van der Waals surface area contributed by atoms with E-state index in [-0.39, 0.29) is 7.28 Å². The van der Waals surface area contributed by atoms with Gasteiger partial charge >= 0.3 is 6.18 Å². The molecule has 1 aromatic carbocycles. The lowest BCUT2D eigenvalue weighted by molar-refractivity contribution is -0.0559. The summed E-state index contributed by atoms with van der Waals surface area (Å²) in [6, 6.07) is 6.01. The van der Waals surface area contributed by atoms with Crippen molar-refractivity contribution in [1.82, 2.24) is 9.66 Å². The van der Waals surface area contributed by atoms with Crippen LogP contribution >= 0.6 is 0 Å². The molecule has 0 radical (unpaired) electrons. The van der Waals surface area contributed by atoms with Crippen molar-refractivity contribution in [2.75, 3.05) is 7.11 Å². The highest BCUT2D eigenvalue weighted by Gasteiger charge is 2.36. The lowest BCUT2D eigenvalue weighted by atomic mass is 9.73. The Kier molecular flexibility index (Phi) is 6.18. The van der Waals surface area contributed by atoms with Gasteiger partial charge in [-0.3, -0.25) is 4.99 Å². The molecule has 3 heterocycles. The zero-order valence-corrected chi connectivity index (χ0v) is 19.0. The number of hydrogen-bond acceptors (Lipinski definition) is 5. The Bertz CT molecular complexity index is 1280. The zero-order valence-electron chi connectivity index (χ0n) is 19.0. The summed E-state index contributed by atoms with van der Waals surface area (Å²) in [5, 5.41) is 5.25. The number of alkyl halides is 3. The van der Waals surface area contributed by atoms with E-state index in [1.165, 1.54) is 0 Å². The van der Waals surface area contributed by atoms with Crippen LogP contribution in [0.1, 0.15) is 37.2 Å². The van der Waals surface area contributed by atoms with Crippen molar-refractivity contribution in [3.63, 3.8) is 0 Å². The Morgan fingerprint density at radius 1 is 1.24 bits per heavy atom. The Morgan fingerprint density at radius 2 is 2.03 bits per heavy atom. The molecule has 0 saturated heterocycles. The number of nitrogens with zero attached hydrogens (tertiary/aromatic N) is 4. The van der Waals surface area contributed by atoms with Crippen molar-refractivity contribution in [3.8, 4) is 11.5 Å². The maximum atomic E-state index is 12.9. The highest BCUT2D eigenvalue weighted by atomic mass is 19.4. The van der Waals surface area contributed by atoms with Crippen molar-refractivity contribution < 1.29 is 22.3 Å². The van der Waals surface area contributed by atoms with Crippen LogP contribution < -0.4 is 0 Å². The second-order valence-corrected chi connectivity index (χ2v) is 7.93. The molecule has 0 aliphatic carbocycles. The van der Waals surface area contributed by atoms with Crippen LogP contribution in [0.2, 0.25) is 0 Å². The van der Waals surface area contributed by atoms with Crippen LogP contribution in [0, 0.1) is 6.92 Å². The molecule has 172 valence electrons. The first-order chi connectivity index (χ1) is 15.7. The monoisotopic (exact) mass is 456 g/mol. The number of allylic oxidation sites excluding steroid dienone is 1. The maximum Gasteiger partial charge on any atom is 0.420 e. The smallest absolute Gasteiger partial charge is 0.420 e. The second-order valence-electron chi connectivity index (χ2n) is 7.93. The number of halogens is 3. The number of methoxy groups -OCH3 is 1.